The van der Waals surface area contributed by atoms with Gasteiger partial charge in [0.25, 0.3) is 0 Å². The number of nitrogens with zero attached hydrogens (tertiary/aromatic N) is 4. The predicted octanol–water partition coefficient (Wildman–Crippen LogP) is 2.79. The molecule has 0 saturated carbocycles. The number of halogens is 1. The number of fused-ring (bicyclic) bond motifs is 3. The van der Waals surface area contributed by atoms with Crippen LogP contribution >= 0.6 is 23.7 Å². The molecule has 1 saturated heterocycles. The maximum Gasteiger partial charge on any atom is 0.228 e. The van der Waals surface area contributed by atoms with Gasteiger partial charge in [-0.25, -0.2) is 4.98 Å². The smallest absolute Gasteiger partial charge is 0.228 e. The second kappa shape index (κ2) is 6.79. The highest BCUT2D eigenvalue weighted by molar-refractivity contribution is 7.19. The summed E-state index contributed by atoms with van der Waals surface area (Å²) in [6, 6.07) is 0. The van der Waals surface area contributed by atoms with E-state index in [1.807, 2.05) is 18.4 Å². The molecule has 0 aromatic carbocycles. The molecule has 0 radical (unpaired) electrons. The van der Waals surface area contributed by atoms with Gasteiger partial charge < -0.3 is 15.1 Å². The number of aromatic nitrogens is 2. The van der Waals surface area contributed by atoms with Crippen LogP contribution in [0, 0.1) is 0 Å². The largest absolute Gasteiger partial charge is 0.372 e. The predicted molar refractivity (Wildman–Crippen MR) is 101 cm³/mol. The molecule has 7 heteroatoms. The number of hydrogen-bond donors (Lipinski definition) is 1. The van der Waals surface area contributed by atoms with E-state index in [0.717, 1.165) is 37.9 Å². The van der Waals surface area contributed by atoms with Crippen molar-refractivity contribution in [2.45, 2.75) is 25.7 Å². The van der Waals surface area contributed by atoms with Crippen molar-refractivity contribution in [2.75, 3.05) is 50.5 Å². The molecule has 2 aliphatic rings. The zero-order valence-electron chi connectivity index (χ0n) is 13.8. The van der Waals surface area contributed by atoms with Crippen LogP contribution in [0.5, 0.6) is 0 Å². The summed E-state index contributed by atoms with van der Waals surface area (Å²) in [5.41, 5.74) is 1.50. The summed E-state index contributed by atoms with van der Waals surface area (Å²) in [5.74, 6) is 1.90. The molecule has 0 bridgehead atoms. The second-order valence-electron chi connectivity index (χ2n) is 6.30. The Kier molecular flexibility index (Phi) is 4.94. The van der Waals surface area contributed by atoms with Crippen molar-refractivity contribution in [3.8, 4) is 0 Å². The molecular weight excluding hydrogens is 330 g/mol. The van der Waals surface area contributed by atoms with Gasteiger partial charge in [-0.2, -0.15) is 4.98 Å². The van der Waals surface area contributed by atoms with Gasteiger partial charge in [-0.05, 0) is 38.3 Å². The molecule has 1 aliphatic heterocycles. The molecule has 5 nitrogen and oxygen atoms in total. The van der Waals surface area contributed by atoms with E-state index in [1.165, 1.54) is 46.3 Å². The SMILES string of the molecule is CNc1nc(N2CCN(C)CC2)nc2sc3c(c12)CCCC3.Cl. The molecule has 2 aromatic heterocycles. The Hall–Kier alpha value is -1.11. The number of thiophene rings is 1. The monoisotopic (exact) mass is 353 g/mol. The van der Waals surface area contributed by atoms with Gasteiger partial charge in [0.05, 0.1) is 5.39 Å². The molecule has 1 fully saturated rings. The highest BCUT2D eigenvalue weighted by Crippen LogP contribution is 2.39. The van der Waals surface area contributed by atoms with Gasteiger partial charge in [0, 0.05) is 38.1 Å². The third-order valence-electron chi connectivity index (χ3n) is 4.83. The van der Waals surface area contributed by atoms with Crippen LogP contribution in [-0.4, -0.2) is 55.1 Å². The fourth-order valence-electron chi connectivity index (χ4n) is 3.47. The minimum atomic E-state index is 0. The van der Waals surface area contributed by atoms with Crippen LogP contribution in [0.3, 0.4) is 0 Å². The van der Waals surface area contributed by atoms with Gasteiger partial charge in [0.1, 0.15) is 10.6 Å². The van der Waals surface area contributed by atoms with Gasteiger partial charge in [-0.3, -0.25) is 0 Å². The summed E-state index contributed by atoms with van der Waals surface area (Å²) in [6.07, 6.45) is 5.00. The minimum Gasteiger partial charge on any atom is -0.372 e. The van der Waals surface area contributed by atoms with Crippen LogP contribution < -0.4 is 10.2 Å². The molecule has 1 N–H and O–H groups in total. The number of rotatable bonds is 2. The first kappa shape index (κ1) is 16.7. The van der Waals surface area contributed by atoms with Crippen molar-refractivity contribution in [3.63, 3.8) is 0 Å². The normalized spacial score (nSPS) is 18.6. The topological polar surface area (TPSA) is 44.3 Å². The Morgan fingerprint density at radius 2 is 1.78 bits per heavy atom. The average molecular weight is 354 g/mol. The van der Waals surface area contributed by atoms with E-state index in [0.29, 0.717) is 0 Å². The van der Waals surface area contributed by atoms with Crippen LogP contribution in [-0.2, 0) is 12.8 Å². The number of hydrogen-bond acceptors (Lipinski definition) is 6. The van der Waals surface area contributed by atoms with E-state index in [9.17, 15) is 0 Å². The van der Waals surface area contributed by atoms with Crippen LogP contribution in [0.4, 0.5) is 11.8 Å². The third-order valence-corrected chi connectivity index (χ3v) is 6.01. The van der Waals surface area contributed by atoms with Gasteiger partial charge in [-0.15, -0.1) is 23.7 Å². The molecule has 126 valence electrons. The molecule has 1 aliphatic carbocycles. The Balaban J connectivity index is 0.00000156. The lowest BCUT2D eigenvalue weighted by molar-refractivity contribution is 0.311. The maximum absolute atomic E-state index is 4.91. The highest BCUT2D eigenvalue weighted by Gasteiger charge is 2.23. The van der Waals surface area contributed by atoms with E-state index in [-0.39, 0.29) is 12.4 Å². The lowest BCUT2D eigenvalue weighted by atomic mass is 9.97. The molecule has 0 amide bonds. The first-order valence-electron chi connectivity index (χ1n) is 8.20. The number of anilines is 2. The van der Waals surface area contributed by atoms with Crippen LogP contribution in [0.1, 0.15) is 23.3 Å². The van der Waals surface area contributed by atoms with Crippen LogP contribution in [0.15, 0.2) is 0 Å². The summed E-state index contributed by atoms with van der Waals surface area (Å²) in [6.45, 7) is 4.18. The molecule has 3 heterocycles. The number of piperazine rings is 1. The Morgan fingerprint density at radius 3 is 2.52 bits per heavy atom. The fourth-order valence-corrected chi connectivity index (χ4v) is 4.73. The van der Waals surface area contributed by atoms with Crippen molar-refractivity contribution in [1.82, 2.24) is 14.9 Å². The zero-order chi connectivity index (χ0) is 15.1. The first-order valence-corrected chi connectivity index (χ1v) is 9.01. The fraction of sp³-hybridized carbons (Fsp3) is 0.625. The van der Waals surface area contributed by atoms with Gasteiger partial charge in [0.15, 0.2) is 0 Å². The van der Waals surface area contributed by atoms with E-state index in [2.05, 4.69) is 22.2 Å². The molecule has 0 spiro atoms. The van der Waals surface area contributed by atoms with Crippen molar-refractivity contribution in [1.29, 1.82) is 0 Å². The molecular formula is C16H24ClN5S. The number of nitrogens with one attached hydrogen (secondary N) is 1. The van der Waals surface area contributed by atoms with E-state index < -0.39 is 0 Å². The Morgan fingerprint density at radius 1 is 1.04 bits per heavy atom. The van der Waals surface area contributed by atoms with Crippen molar-refractivity contribution in [2.24, 2.45) is 0 Å². The van der Waals surface area contributed by atoms with Crippen molar-refractivity contribution in [3.05, 3.63) is 10.4 Å². The summed E-state index contributed by atoms with van der Waals surface area (Å²) in [5, 5.41) is 4.59. The number of likely N-dealkylation sites (N-methyl/N-ethyl adjacent to an activating group) is 1. The lowest BCUT2D eigenvalue weighted by Crippen LogP contribution is -2.45. The van der Waals surface area contributed by atoms with Gasteiger partial charge in [0.2, 0.25) is 5.95 Å². The molecule has 0 atom stereocenters. The van der Waals surface area contributed by atoms with E-state index in [4.69, 9.17) is 9.97 Å². The number of aryl methyl sites for hydroxylation is 2. The Labute approximate surface area is 147 Å². The average Bonchev–Trinajstić information content (AvgIpc) is 2.93. The highest BCUT2D eigenvalue weighted by atomic mass is 35.5. The first-order chi connectivity index (χ1) is 10.8. The van der Waals surface area contributed by atoms with Gasteiger partial charge in [-0.1, -0.05) is 0 Å². The lowest BCUT2D eigenvalue weighted by Gasteiger charge is -2.32. The summed E-state index contributed by atoms with van der Waals surface area (Å²) >= 11 is 1.88. The summed E-state index contributed by atoms with van der Waals surface area (Å²) < 4.78 is 0. The molecule has 23 heavy (non-hydrogen) atoms. The van der Waals surface area contributed by atoms with Crippen LogP contribution in [0.2, 0.25) is 0 Å². The minimum absolute atomic E-state index is 0. The third kappa shape index (κ3) is 2.99. The maximum atomic E-state index is 4.91. The van der Waals surface area contributed by atoms with Crippen LogP contribution in [0.25, 0.3) is 10.2 Å². The van der Waals surface area contributed by atoms with Gasteiger partial charge >= 0.3 is 0 Å². The molecule has 4 rings (SSSR count). The zero-order valence-corrected chi connectivity index (χ0v) is 15.4. The molecule has 0 unspecified atom stereocenters. The second-order valence-corrected chi connectivity index (χ2v) is 7.39. The summed E-state index contributed by atoms with van der Waals surface area (Å²) in [4.78, 5) is 17.1. The molecule has 2 aromatic rings. The van der Waals surface area contributed by atoms with E-state index >= 15 is 0 Å². The standard InChI is InChI=1S/C16H23N5S.ClH/c1-17-14-13-11-5-3-4-6-12(11)22-15(13)19-16(18-14)21-9-7-20(2)8-10-21;/h3-10H2,1-2H3,(H,17,18,19);1H. The summed E-state index contributed by atoms with van der Waals surface area (Å²) in [7, 11) is 4.15. The van der Waals surface area contributed by atoms with E-state index in [1.54, 1.807) is 0 Å². The Bertz CT molecular complexity index is 693. The van der Waals surface area contributed by atoms with Crippen molar-refractivity contribution >= 4 is 45.7 Å². The van der Waals surface area contributed by atoms with Crippen molar-refractivity contribution < 1.29 is 0 Å². The quantitative estimate of drug-likeness (QED) is 0.899.